The number of carbonyl (C=O) groups is 2. The second-order valence-corrected chi connectivity index (χ2v) is 5.49. The third-order valence-corrected chi connectivity index (χ3v) is 3.75. The van der Waals surface area contributed by atoms with Gasteiger partial charge in [-0.25, -0.2) is 4.79 Å². The molecule has 0 bridgehead atoms. The summed E-state index contributed by atoms with van der Waals surface area (Å²) < 4.78 is 0. The van der Waals surface area contributed by atoms with Crippen molar-refractivity contribution in [2.45, 2.75) is 18.8 Å². The van der Waals surface area contributed by atoms with Crippen LogP contribution in [0.4, 0.5) is 4.79 Å². The van der Waals surface area contributed by atoms with Crippen LogP contribution in [0, 0.1) is 0 Å². The summed E-state index contributed by atoms with van der Waals surface area (Å²) in [5.41, 5.74) is 2.41. The molecule has 0 aromatic heterocycles. The molecule has 0 spiro atoms. The maximum atomic E-state index is 11.7. The third kappa shape index (κ3) is 5.76. The average Bonchev–Trinajstić information content (AvgIpc) is 2.60. The van der Waals surface area contributed by atoms with Gasteiger partial charge in [0, 0.05) is 19.0 Å². The summed E-state index contributed by atoms with van der Waals surface area (Å²) in [7, 11) is 0. The molecule has 126 valence electrons. The number of carbonyl (C=O) groups excluding carboxylic acids is 1. The Balaban J connectivity index is 1.90. The maximum Gasteiger partial charge on any atom is 0.314 e. The van der Waals surface area contributed by atoms with Crippen molar-refractivity contribution in [2.24, 2.45) is 0 Å². The zero-order valence-electron chi connectivity index (χ0n) is 13.4. The zero-order valence-corrected chi connectivity index (χ0v) is 13.4. The first-order chi connectivity index (χ1) is 11.7. The number of benzene rings is 2. The van der Waals surface area contributed by atoms with E-state index < -0.39 is 5.97 Å². The summed E-state index contributed by atoms with van der Waals surface area (Å²) in [4.78, 5) is 22.1. The van der Waals surface area contributed by atoms with E-state index in [9.17, 15) is 9.59 Å². The molecule has 0 aliphatic carbocycles. The average molecular weight is 326 g/mol. The van der Waals surface area contributed by atoms with Crippen molar-refractivity contribution in [1.29, 1.82) is 0 Å². The number of rotatable bonds is 8. The van der Waals surface area contributed by atoms with Crippen molar-refractivity contribution in [3.8, 4) is 0 Å². The number of carboxylic acids is 1. The van der Waals surface area contributed by atoms with Crippen molar-refractivity contribution in [3.05, 3.63) is 71.8 Å². The van der Waals surface area contributed by atoms with Gasteiger partial charge in [-0.05, 0) is 17.5 Å². The summed E-state index contributed by atoms with van der Waals surface area (Å²) in [5, 5.41) is 13.9. The normalized spacial score (nSPS) is 10.4. The molecule has 0 atom stereocenters. The van der Waals surface area contributed by atoms with E-state index in [2.05, 4.69) is 34.9 Å². The summed E-state index contributed by atoms with van der Waals surface area (Å²) in [6.07, 6.45) is 0.685. The second-order valence-electron chi connectivity index (χ2n) is 5.49. The minimum Gasteiger partial charge on any atom is -0.481 e. The van der Waals surface area contributed by atoms with Crippen molar-refractivity contribution in [1.82, 2.24) is 10.6 Å². The van der Waals surface area contributed by atoms with Crippen LogP contribution in [-0.2, 0) is 4.79 Å². The molecule has 0 unspecified atom stereocenters. The van der Waals surface area contributed by atoms with E-state index in [0.717, 1.165) is 6.42 Å². The van der Waals surface area contributed by atoms with Gasteiger partial charge >= 0.3 is 12.0 Å². The van der Waals surface area contributed by atoms with Crippen LogP contribution in [0.5, 0.6) is 0 Å². The Morgan fingerprint density at radius 2 is 1.33 bits per heavy atom. The SMILES string of the molecule is O=C(O)CCNC(=O)NCCC(c1ccccc1)c1ccccc1. The summed E-state index contributed by atoms with van der Waals surface area (Å²) >= 11 is 0. The molecular formula is C19H22N2O3. The number of nitrogens with one attached hydrogen (secondary N) is 2. The van der Waals surface area contributed by atoms with E-state index in [4.69, 9.17) is 5.11 Å². The van der Waals surface area contributed by atoms with Gasteiger partial charge in [0.1, 0.15) is 0 Å². The fourth-order valence-electron chi connectivity index (χ4n) is 2.57. The second kappa shape index (κ2) is 9.35. The summed E-state index contributed by atoms with van der Waals surface area (Å²) in [6.45, 7) is 0.634. The first-order valence-corrected chi connectivity index (χ1v) is 8.00. The van der Waals surface area contributed by atoms with Gasteiger partial charge in [-0.1, -0.05) is 60.7 Å². The van der Waals surface area contributed by atoms with E-state index in [1.807, 2.05) is 36.4 Å². The monoisotopic (exact) mass is 326 g/mol. The molecule has 0 radical (unpaired) electrons. The number of urea groups is 1. The molecule has 0 aliphatic rings. The number of aliphatic carboxylic acids is 1. The van der Waals surface area contributed by atoms with E-state index in [1.165, 1.54) is 11.1 Å². The molecule has 3 N–H and O–H groups in total. The van der Waals surface area contributed by atoms with Crippen molar-refractivity contribution >= 4 is 12.0 Å². The van der Waals surface area contributed by atoms with Crippen LogP contribution in [0.3, 0.4) is 0 Å². The molecular weight excluding hydrogens is 304 g/mol. The third-order valence-electron chi connectivity index (χ3n) is 3.75. The zero-order chi connectivity index (χ0) is 17.2. The Bertz CT molecular complexity index is 605. The van der Waals surface area contributed by atoms with Crippen molar-refractivity contribution in [3.63, 3.8) is 0 Å². The molecule has 5 nitrogen and oxygen atoms in total. The largest absolute Gasteiger partial charge is 0.481 e. The number of hydrogen-bond acceptors (Lipinski definition) is 2. The van der Waals surface area contributed by atoms with Crippen molar-refractivity contribution < 1.29 is 14.7 Å². The molecule has 0 fully saturated rings. The first-order valence-electron chi connectivity index (χ1n) is 8.00. The van der Waals surface area contributed by atoms with Gasteiger partial charge in [0.25, 0.3) is 0 Å². The summed E-state index contributed by atoms with van der Waals surface area (Å²) in [6, 6.07) is 20.0. The maximum absolute atomic E-state index is 11.7. The Morgan fingerprint density at radius 1 is 0.833 bits per heavy atom. The van der Waals surface area contributed by atoms with E-state index in [0.29, 0.717) is 6.54 Å². The van der Waals surface area contributed by atoms with Crippen LogP contribution in [0.15, 0.2) is 60.7 Å². The summed E-state index contributed by atoms with van der Waals surface area (Å²) in [5.74, 6) is -0.727. The van der Waals surface area contributed by atoms with E-state index in [1.54, 1.807) is 0 Å². The van der Waals surface area contributed by atoms with Crippen LogP contribution in [0.2, 0.25) is 0 Å². The minimum absolute atomic E-state index is 0.0793. The van der Waals surface area contributed by atoms with Gasteiger partial charge < -0.3 is 15.7 Å². The first kappa shape index (κ1) is 17.5. The topological polar surface area (TPSA) is 78.4 Å². The molecule has 0 saturated carbocycles. The molecule has 0 aliphatic heterocycles. The van der Waals surface area contributed by atoms with Crippen LogP contribution >= 0.6 is 0 Å². The lowest BCUT2D eigenvalue weighted by Crippen LogP contribution is -2.37. The fourth-order valence-corrected chi connectivity index (χ4v) is 2.57. The lowest BCUT2D eigenvalue weighted by molar-refractivity contribution is -0.136. The Labute approximate surface area is 141 Å². The van der Waals surface area contributed by atoms with Gasteiger partial charge in [-0.3, -0.25) is 4.79 Å². The minimum atomic E-state index is -0.927. The number of carboxylic acid groups (broad SMARTS) is 1. The predicted molar refractivity (Wildman–Crippen MR) is 93.0 cm³/mol. The lowest BCUT2D eigenvalue weighted by atomic mass is 9.88. The van der Waals surface area contributed by atoms with Crippen LogP contribution in [-0.4, -0.2) is 30.2 Å². The predicted octanol–water partition coefficient (Wildman–Crippen LogP) is 2.98. The molecule has 2 aromatic carbocycles. The van der Waals surface area contributed by atoms with Crippen LogP contribution < -0.4 is 10.6 Å². The Kier molecular flexibility index (Phi) is 6.83. The number of hydrogen-bond donors (Lipinski definition) is 3. The van der Waals surface area contributed by atoms with Gasteiger partial charge in [-0.15, -0.1) is 0 Å². The van der Waals surface area contributed by atoms with Crippen LogP contribution in [0.25, 0.3) is 0 Å². The molecule has 2 aromatic rings. The molecule has 5 heteroatoms. The molecule has 2 amide bonds. The van der Waals surface area contributed by atoms with E-state index in [-0.39, 0.29) is 24.9 Å². The number of amides is 2. The van der Waals surface area contributed by atoms with Gasteiger partial charge in [0.05, 0.1) is 6.42 Å². The quantitative estimate of drug-likeness (QED) is 0.698. The standard InChI is InChI=1S/C19H22N2O3/c22-18(23)12-14-21-19(24)20-13-11-17(15-7-3-1-4-8-15)16-9-5-2-6-10-16/h1-10,17H,11-14H2,(H,22,23)(H2,20,21,24). The molecule has 2 rings (SSSR count). The van der Waals surface area contributed by atoms with E-state index >= 15 is 0 Å². The Hall–Kier alpha value is -2.82. The molecule has 0 heterocycles. The van der Waals surface area contributed by atoms with Gasteiger partial charge in [0.15, 0.2) is 0 Å². The lowest BCUT2D eigenvalue weighted by Gasteiger charge is -2.18. The highest BCUT2D eigenvalue weighted by Crippen LogP contribution is 2.27. The highest BCUT2D eigenvalue weighted by atomic mass is 16.4. The fraction of sp³-hybridized carbons (Fsp3) is 0.263. The molecule has 24 heavy (non-hydrogen) atoms. The van der Waals surface area contributed by atoms with Gasteiger partial charge in [-0.2, -0.15) is 0 Å². The van der Waals surface area contributed by atoms with Crippen LogP contribution in [0.1, 0.15) is 29.9 Å². The van der Waals surface area contributed by atoms with Crippen molar-refractivity contribution in [2.75, 3.05) is 13.1 Å². The van der Waals surface area contributed by atoms with Gasteiger partial charge in [0.2, 0.25) is 0 Å². The highest BCUT2D eigenvalue weighted by molar-refractivity contribution is 5.74. The highest BCUT2D eigenvalue weighted by Gasteiger charge is 2.14. The molecule has 0 saturated heterocycles. The Morgan fingerprint density at radius 3 is 1.83 bits per heavy atom. The smallest absolute Gasteiger partial charge is 0.314 e.